The maximum absolute atomic E-state index is 13.1. The number of urea groups is 1. The van der Waals surface area contributed by atoms with E-state index in [0.29, 0.717) is 11.3 Å². The van der Waals surface area contributed by atoms with Crippen LogP contribution < -0.4 is 10.2 Å². The van der Waals surface area contributed by atoms with Crippen molar-refractivity contribution in [2.45, 2.75) is 13.5 Å². The fraction of sp³-hybridized carbons (Fsp3) is 0.130. The second-order valence-corrected chi connectivity index (χ2v) is 7.10. The standard InChI is InChI=1S/C23H19N3O5/c1-14-6-5-7-16(10-14)26-22(29)18(21(28)24-23(26)30)11-15-12-25(13-20(27)31-2)19-9-4-3-8-17(15)19/h3-12H,13H2,1-2H3,(H,24,28,30)/b18-11+. The van der Waals surface area contributed by atoms with Crippen LogP contribution in [0.15, 0.2) is 60.3 Å². The molecule has 0 atom stereocenters. The summed E-state index contributed by atoms with van der Waals surface area (Å²) in [6.45, 7) is 1.82. The number of para-hydroxylation sites is 1. The van der Waals surface area contributed by atoms with Gasteiger partial charge in [-0.25, -0.2) is 9.69 Å². The number of carbonyl (C=O) groups is 4. The van der Waals surface area contributed by atoms with Gasteiger partial charge in [0.05, 0.1) is 12.8 Å². The van der Waals surface area contributed by atoms with Crippen molar-refractivity contribution >= 4 is 46.5 Å². The van der Waals surface area contributed by atoms with Crippen molar-refractivity contribution in [2.24, 2.45) is 0 Å². The number of carbonyl (C=O) groups excluding carboxylic acids is 4. The van der Waals surface area contributed by atoms with E-state index in [4.69, 9.17) is 4.74 Å². The van der Waals surface area contributed by atoms with Crippen molar-refractivity contribution in [3.63, 3.8) is 0 Å². The number of ether oxygens (including phenoxy) is 1. The highest BCUT2D eigenvalue weighted by Gasteiger charge is 2.37. The van der Waals surface area contributed by atoms with Crippen molar-refractivity contribution in [1.82, 2.24) is 9.88 Å². The number of esters is 1. The highest BCUT2D eigenvalue weighted by Crippen LogP contribution is 2.27. The number of nitrogens with zero attached hydrogens (tertiary/aromatic N) is 2. The van der Waals surface area contributed by atoms with Crippen LogP contribution in [0.5, 0.6) is 0 Å². The van der Waals surface area contributed by atoms with Crippen LogP contribution in [0.3, 0.4) is 0 Å². The number of hydrogen-bond acceptors (Lipinski definition) is 5. The van der Waals surface area contributed by atoms with Gasteiger partial charge in [-0.3, -0.25) is 19.7 Å². The largest absolute Gasteiger partial charge is 0.468 e. The monoisotopic (exact) mass is 417 g/mol. The molecule has 1 saturated heterocycles. The fourth-order valence-electron chi connectivity index (χ4n) is 3.54. The van der Waals surface area contributed by atoms with E-state index in [0.717, 1.165) is 21.4 Å². The van der Waals surface area contributed by atoms with Gasteiger partial charge in [0.1, 0.15) is 12.1 Å². The minimum Gasteiger partial charge on any atom is -0.468 e. The van der Waals surface area contributed by atoms with Gasteiger partial charge in [-0.05, 0) is 36.8 Å². The molecule has 0 radical (unpaired) electrons. The lowest BCUT2D eigenvalue weighted by molar-refractivity contribution is -0.141. The highest BCUT2D eigenvalue weighted by molar-refractivity contribution is 6.39. The summed E-state index contributed by atoms with van der Waals surface area (Å²) < 4.78 is 6.43. The van der Waals surface area contributed by atoms with Crippen molar-refractivity contribution in [3.8, 4) is 0 Å². The van der Waals surface area contributed by atoms with Crippen LogP contribution in [-0.4, -0.2) is 35.5 Å². The van der Waals surface area contributed by atoms with Gasteiger partial charge < -0.3 is 9.30 Å². The summed E-state index contributed by atoms with van der Waals surface area (Å²) in [5.41, 5.74) is 2.37. The third kappa shape index (κ3) is 3.71. The van der Waals surface area contributed by atoms with E-state index >= 15 is 0 Å². The normalized spacial score (nSPS) is 15.5. The first kappa shape index (κ1) is 20.1. The quantitative estimate of drug-likeness (QED) is 0.400. The summed E-state index contributed by atoms with van der Waals surface area (Å²) >= 11 is 0. The summed E-state index contributed by atoms with van der Waals surface area (Å²) in [7, 11) is 1.30. The summed E-state index contributed by atoms with van der Waals surface area (Å²) in [6, 6.07) is 13.4. The topological polar surface area (TPSA) is 97.7 Å². The molecule has 1 aromatic heterocycles. The molecule has 156 valence electrons. The first-order chi connectivity index (χ1) is 14.9. The molecule has 1 fully saturated rings. The Bertz CT molecular complexity index is 1270. The lowest BCUT2D eigenvalue weighted by Gasteiger charge is -2.26. The van der Waals surface area contributed by atoms with Gasteiger partial charge in [-0.15, -0.1) is 0 Å². The second kappa shape index (κ2) is 7.91. The van der Waals surface area contributed by atoms with Crippen LogP contribution in [0.25, 0.3) is 17.0 Å². The molecule has 1 aliphatic heterocycles. The predicted octanol–water partition coefficient (Wildman–Crippen LogP) is 2.79. The number of hydrogen-bond donors (Lipinski definition) is 1. The number of fused-ring (bicyclic) bond motifs is 1. The number of benzene rings is 2. The molecule has 8 nitrogen and oxygen atoms in total. The second-order valence-electron chi connectivity index (χ2n) is 7.10. The van der Waals surface area contributed by atoms with Gasteiger partial charge in [0.15, 0.2) is 0 Å². The SMILES string of the molecule is COC(=O)Cn1cc(/C=C2\C(=O)NC(=O)N(c3cccc(C)c3)C2=O)c2ccccc21. The molecule has 31 heavy (non-hydrogen) atoms. The zero-order valence-electron chi connectivity index (χ0n) is 16.9. The van der Waals surface area contributed by atoms with Crippen molar-refractivity contribution in [2.75, 3.05) is 12.0 Å². The predicted molar refractivity (Wildman–Crippen MR) is 114 cm³/mol. The minimum absolute atomic E-state index is 0.0196. The molecule has 0 unspecified atom stereocenters. The van der Waals surface area contributed by atoms with E-state index in [2.05, 4.69) is 5.32 Å². The van der Waals surface area contributed by atoms with Crippen LogP contribution in [0.2, 0.25) is 0 Å². The Morgan fingerprint density at radius 3 is 2.61 bits per heavy atom. The number of anilines is 1. The third-order valence-corrected chi connectivity index (χ3v) is 5.01. The van der Waals surface area contributed by atoms with Gasteiger partial charge in [0.25, 0.3) is 11.8 Å². The average Bonchev–Trinajstić information content (AvgIpc) is 3.08. The van der Waals surface area contributed by atoms with Gasteiger partial charge in [-0.2, -0.15) is 0 Å². The molecule has 0 saturated carbocycles. The van der Waals surface area contributed by atoms with E-state index in [-0.39, 0.29) is 12.1 Å². The molecule has 1 aliphatic rings. The lowest BCUT2D eigenvalue weighted by Crippen LogP contribution is -2.54. The highest BCUT2D eigenvalue weighted by atomic mass is 16.5. The van der Waals surface area contributed by atoms with E-state index < -0.39 is 23.8 Å². The molecular weight excluding hydrogens is 398 g/mol. The number of rotatable bonds is 4. The van der Waals surface area contributed by atoms with E-state index in [9.17, 15) is 19.2 Å². The zero-order valence-corrected chi connectivity index (χ0v) is 16.9. The van der Waals surface area contributed by atoms with Crippen LogP contribution in [-0.2, 0) is 25.7 Å². The Morgan fingerprint density at radius 1 is 1.10 bits per heavy atom. The average molecular weight is 417 g/mol. The summed E-state index contributed by atoms with van der Waals surface area (Å²) in [6.07, 6.45) is 3.10. The maximum atomic E-state index is 13.1. The smallest absolute Gasteiger partial charge is 0.335 e. The summed E-state index contributed by atoms with van der Waals surface area (Å²) in [4.78, 5) is 50.7. The Morgan fingerprint density at radius 2 is 1.87 bits per heavy atom. The molecule has 0 spiro atoms. The molecule has 0 aliphatic carbocycles. The van der Waals surface area contributed by atoms with E-state index in [1.54, 1.807) is 29.0 Å². The molecule has 2 aromatic carbocycles. The van der Waals surface area contributed by atoms with E-state index in [1.165, 1.54) is 13.2 Å². The zero-order chi connectivity index (χ0) is 22.1. The Kier molecular flexibility index (Phi) is 5.12. The fourth-order valence-corrected chi connectivity index (χ4v) is 3.54. The van der Waals surface area contributed by atoms with Gasteiger partial charge >= 0.3 is 12.0 Å². The van der Waals surface area contributed by atoms with E-state index in [1.807, 2.05) is 37.3 Å². The molecule has 2 heterocycles. The number of aryl methyl sites for hydroxylation is 1. The Balaban J connectivity index is 1.79. The first-order valence-electron chi connectivity index (χ1n) is 9.52. The molecular formula is C23H19N3O5. The Hall–Kier alpha value is -4.20. The number of aromatic nitrogens is 1. The molecule has 0 bridgehead atoms. The van der Waals surface area contributed by atoms with Gasteiger partial charge in [-0.1, -0.05) is 30.3 Å². The molecule has 8 heteroatoms. The van der Waals surface area contributed by atoms with Crippen LogP contribution >= 0.6 is 0 Å². The van der Waals surface area contributed by atoms with Crippen molar-refractivity contribution in [3.05, 3.63) is 71.4 Å². The number of amides is 4. The molecule has 4 amide bonds. The molecule has 3 aromatic rings. The maximum Gasteiger partial charge on any atom is 0.335 e. The summed E-state index contributed by atoms with van der Waals surface area (Å²) in [5.74, 6) is -1.92. The lowest BCUT2D eigenvalue weighted by atomic mass is 10.1. The number of methoxy groups -OCH3 is 1. The molecule has 1 N–H and O–H groups in total. The van der Waals surface area contributed by atoms with Crippen LogP contribution in [0.1, 0.15) is 11.1 Å². The van der Waals surface area contributed by atoms with Gasteiger partial charge in [0, 0.05) is 22.7 Å². The number of imide groups is 2. The minimum atomic E-state index is -0.800. The Labute approximate surface area is 177 Å². The summed E-state index contributed by atoms with van der Waals surface area (Å²) in [5, 5.41) is 2.97. The van der Waals surface area contributed by atoms with Crippen LogP contribution in [0.4, 0.5) is 10.5 Å². The van der Waals surface area contributed by atoms with Crippen molar-refractivity contribution < 1.29 is 23.9 Å². The third-order valence-electron chi connectivity index (χ3n) is 5.01. The first-order valence-corrected chi connectivity index (χ1v) is 9.52. The van der Waals surface area contributed by atoms with Crippen LogP contribution in [0, 0.1) is 6.92 Å². The number of nitrogens with one attached hydrogen (secondary N) is 1. The molecule has 4 rings (SSSR count). The van der Waals surface area contributed by atoms with Gasteiger partial charge in [0.2, 0.25) is 0 Å². The van der Waals surface area contributed by atoms with Crippen molar-refractivity contribution in [1.29, 1.82) is 0 Å². The number of barbiturate groups is 1.